The van der Waals surface area contributed by atoms with Gasteiger partial charge < -0.3 is 24.6 Å². The van der Waals surface area contributed by atoms with Gasteiger partial charge in [-0.2, -0.15) is 0 Å². The van der Waals surface area contributed by atoms with E-state index in [-0.39, 0.29) is 18.0 Å². The first-order chi connectivity index (χ1) is 12.1. The fourth-order valence-electron chi connectivity index (χ4n) is 2.96. The standard InChI is InChI=1S/C16H21N3O5S/c1-23-15(21)13-11(4-10-25-13)17-16(22)19-7-5-18(6-8-19)14(20)12-3-2-9-24-12/h4,10,12H,2-3,5-9H2,1H3,(H,17,22)/t12-/m0/s1. The average Bonchev–Trinajstić information content (AvgIpc) is 3.32. The van der Waals surface area contributed by atoms with E-state index in [1.165, 1.54) is 18.4 Å². The number of nitrogens with zero attached hydrogens (tertiary/aromatic N) is 2. The maximum atomic E-state index is 12.4. The minimum absolute atomic E-state index is 0.0170. The van der Waals surface area contributed by atoms with Crippen molar-refractivity contribution >= 4 is 34.9 Å². The minimum Gasteiger partial charge on any atom is -0.465 e. The lowest BCUT2D eigenvalue weighted by Crippen LogP contribution is -2.53. The van der Waals surface area contributed by atoms with Gasteiger partial charge in [0.05, 0.1) is 12.8 Å². The molecule has 3 rings (SSSR count). The first kappa shape index (κ1) is 17.7. The Labute approximate surface area is 149 Å². The maximum absolute atomic E-state index is 12.4. The summed E-state index contributed by atoms with van der Waals surface area (Å²) in [5, 5.41) is 4.47. The van der Waals surface area contributed by atoms with Crippen LogP contribution in [-0.2, 0) is 14.3 Å². The number of methoxy groups -OCH3 is 1. The van der Waals surface area contributed by atoms with Crippen LogP contribution in [0.5, 0.6) is 0 Å². The van der Waals surface area contributed by atoms with Gasteiger partial charge >= 0.3 is 12.0 Å². The van der Waals surface area contributed by atoms with Crippen molar-refractivity contribution in [2.24, 2.45) is 0 Å². The topological polar surface area (TPSA) is 88.2 Å². The number of urea groups is 1. The van der Waals surface area contributed by atoms with E-state index in [1.54, 1.807) is 21.2 Å². The Hall–Kier alpha value is -2.13. The molecular formula is C16H21N3O5S. The van der Waals surface area contributed by atoms with Crippen LogP contribution in [0, 0.1) is 0 Å². The largest absolute Gasteiger partial charge is 0.465 e. The summed E-state index contributed by atoms with van der Waals surface area (Å²) in [6, 6.07) is 1.39. The van der Waals surface area contributed by atoms with Gasteiger partial charge in [-0.15, -0.1) is 11.3 Å². The molecule has 1 N–H and O–H groups in total. The monoisotopic (exact) mass is 367 g/mol. The Balaban J connectivity index is 1.52. The van der Waals surface area contributed by atoms with Gasteiger partial charge in [-0.1, -0.05) is 0 Å². The van der Waals surface area contributed by atoms with Crippen LogP contribution in [0.4, 0.5) is 10.5 Å². The number of anilines is 1. The highest BCUT2D eigenvalue weighted by Crippen LogP contribution is 2.23. The van der Waals surface area contributed by atoms with Crippen LogP contribution in [0.15, 0.2) is 11.4 Å². The van der Waals surface area contributed by atoms with Gasteiger partial charge in [0.15, 0.2) is 0 Å². The van der Waals surface area contributed by atoms with Crippen LogP contribution < -0.4 is 5.32 Å². The zero-order valence-electron chi connectivity index (χ0n) is 14.0. The highest BCUT2D eigenvalue weighted by Gasteiger charge is 2.31. The van der Waals surface area contributed by atoms with Crippen molar-refractivity contribution in [2.45, 2.75) is 18.9 Å². The van der Waals surface area contributed by atoms with E-state index < -0.39 is 5.97 Å². The summed E-state index contributed by atoms with van der Waals surface area (Å²) in [5.41, 5.74) is 0.444. The first-order valence-electron chi connectivity index (χ1n) is 8.22. The van der Waals surface area contributed by atoms with Crippen LogP contribution in [0.3, 0.4) is 0 Å². The number of rotatable bonds is 3. The number of piperazine rings is 1. The minimum atomic E-state index is -0.475. The summed E-state index contributed by atoms with van der Waals surface area (Å²) in [5.74, 6) is -0.458. The molecular weight excluding hydrogens is 346 g/mol. The van der Waals surface area contributed by atoms with Crippen LogP contribution in [0.2, 0.25) is 0 Å². The Morgan fingerprint density at radius 1 is 1.24 bits per heavy atom. The molecule has 1 atom stereocenters. The number of hydrogen-bond acceptors (Lipinski definition) is 6. The smallest absolute Gasteiger partial charge is 0.350 e. The molecule has 2 aliphatic rings. The summed E-state index contributed by atoms with van der Waals surface area (Å²) in [6.07, 6.45) is 1.37. The molecule has 1 aromatic rings. The Morgan fingerprint density at radius 3 is 2.60 bits per heavy atom. The van der Waals surface area contributed by atoms with Crippen molar-refractivity contribution < 1.29 is 23.9 Å². The van der Waals surface area contributed by atoms with Gasteiger partial charge in [-0.3, -0.25) is 4.79 Å². The molecule has 2 aliphatic heterocycles. The molecule has 3 amide bonds. The lowest BCUT2D eigenvalue weighted by molar-refractivity contribution is -0.142. The van der Waals surface area contributed by atoms with Crippen LogP contribution in [-0.4, -0.2) is 73.7 Å². The lowest BCUT2D eigenvalue weighted by atomic mass is 10.2. The van der Waals surface area contributed by atoms with Gasteiger partial charge in [-0.25, -0.2) is 9.59 Å². The second-order valence-electron chi connectivity index (χ2n) is 5.90. The predicted molar refractivity (Wildman–Crippen MR) is 91.8 cm³/mol. The Kier molecular flexibility index (Phi) is 5.54. The van der Waals surface area contributed by atoms with Gasteiger partial charge in [-0.05, 0) is 24.3 Å². The summed E-state index contributed by atoms with van der Waals surface area (Å²) >= 11 is 1.21. The maximum Gasteiger partial charge on any atom is 0.350 e. The molecule has 0 bridgehead atoms. The first-order valence-corrected chi connectivity index (χ1v) is 9.10. The van der Waals surface area contributed by atoms with Crippen molar-refractivity contribution in [1.82, 2.24) is 9.80 Å². The predicted octanol–water partition coefficient (Wildman–Crippen LogP) is 1.39. The third kappa shape index (κ3) is 3.93. The summed E-state index contributed by atoms with van der Waals surface area (Å²) in [4.78, 5) is 40.1. The van der Waals surface area contributed by atoms with E-state index in [9.17, 15) is 14.4 Å². The fraction of sp³-hybridized carbons (Fsp3) is 0.562. The van der Waals surface area contributed by atoms with Crippen molar-refractivity contribution in [3.05, 3.63) is 16.3 Å². The molecule has 136 valence electrons. The van der Waals surface area contributed by atoms with Crippen molar-refractivity contribution in [3.8, 4) is 0 Å². The number of carbonyl (C=O) groups excluding carboxylic acids is 3. The van der Waals surface area contributed by atoms with Gasteiger partial charge in [0, 0.05) is 32.8 Å². The highest BCUT2D eigenvalue weighted by molar-refractivity contribution is 7.12. The Bertz CT molecular complexity index is 648. The molecule has 0 radical (unpaired) electrons. The zero-order chi connectivity index (χ0) is 17.8. The molecule has 1 aromatic heterocycles. The van der Waals surface area contributed by atoms with E-state index in [0.717, 1.165) is 12.8 Å². The molecule has 9 heteroatoms. The number of nitrogens with one attached hydrogen (secondary N) is 1. The van der Waals surface area contributed by atoms with E-state index >= 15 is 0 Å². The third-order valence-corrected chi connectivity index (χ3v) is 5.26. The van der Waals surface area contributed by atoms with Gasteiger partial charge in [0.1, 0.15) is 11.0 Å². The third-order valence-electron chi connectivity index (χ3n) is 4.36. The zero-order valence-corrected chi connectivity index (χ0v) is 14.8. The molecule has 25 heavy (non-hydrogen) atoms. The molecule has 0 aliphatic carbocycles. The molecule has 0 spiro atoms. The number of amides is 3. The summed E-state index contributed by atoms with van der Waals surface area (Å²) < 4.78 is 10.1. The molecule has 2 saturated heterocycles. The molecule has 0 unspecified atom stereocenters. The summed E-state index contributed by atoms with van der Waals surface area (Å²) in [7, 11) is 1.30. The molecule has 8 nitrogen and oxygen atoms in total. The van der Waals surface area contributed by atoms with Crippen LogP contribution >= 0.6 is 11.3 Å². The molecule has 2 fully saturated rings. The molecule has 0 saturated carbocycles. The SMILES string of the molecule is COC(=O)c1sccc1NC(=O)N1CCN(C(=O)[C@@H]2CCCO2)CC1. The van der Waals surface area contributed by atoms with E-state index in [4.69, 9.17) is 9.47 Å². The second-order valence-corrected chi connectivity index (χ2v) is 6.82. The normalized spacial score (nSPS) is 20.4. The van der Waals surface area contributed by atoms with Crippen molar-refractivity contribution in [3.63, 3.8) is 0 Å². The van der Waals surface area contributed by atoms with Gasteiger partial charge in [0.25, 0.3) is 5.91 Å². The number of ether oxygens (including phenoxy) is 2. The van der Waals surface area contributed by atoms with Crippen molar-refractivity contribution in [1.29, 1.82) is 0 Å². The van der Waals surface area contributed by atoms with Crippen LogP contribution in [0.1, 0.15) is 22.5 Å². The van der Waals surface area contributed by atoms with E-state index in [0.29, 0.717) is 43.4 Å². The van der Waals surface area contributed by atoms with E-state index in [2.05, 4.69) is 5.32 Å². The van der Waals surface area contributed by atoms with E-state index in [1.807, 2.05) is 0 Å². The average molecular weight is 367 g/mol. The Morgan fingerprint density at radius 2 is 1.96 bits per heavy atom. The second kappa shape index (κ2) is 7.83. The number of hydrogen-bond donors (Lipinski definition) is 1. The quantitative estimate of drug-likeness (QED) is 0.816. The summed E-state index contributed by atoms with van der Waals surface area (Å²) in [6.45, 7) is 2.51. The van der Waals surface area contributed by atoms with Crippen LogP contribution in [0.25, 0.3) is 0 Å². The van der Waals surface area contributed by atoms with Gasteiger partial charge in [0.2, 0.25) is 0 Å². The number of carbonyl (C=O) groups is 3. The molecule has 3 heterocycles. The molecule has 0 aromatic carbocycles. The highest BCUT2D eigenvalue weighted by atomic mass is 32.1. The van der Waals surface area contributed by atoms with Crippen molar-refractivity contribution in [2.75, 3.05) is 45.2 Å². The number of esters is 1. The fourth-order valence-corrected chi connectivity index (χ4v) is 3.72. The number of thiophene rings is 1. The lowest BCUT2D eigenvalue weighted by Gasteiger charge is -2.35.